The van der Waals surface area contributed by atoms with Crippen molar-refractivity contribution in [2.75, 3.05) is 0 Å². The summed E-state index contributed by atoms with van der Waals surface area (Å²) in [5, 5.41) is 7.92. The fourth-order valence-electron chi connectivity index (χ4n) is 1.12. The second kappa shape index (κ2) is 4.14. The Labute approximate surface area is 94.2 Å². The highest BCUT2D eigenvalue weighted by Gasteiger charge is 2.35. The summed E-state index contributed by atoms with van der Waals surface area (Å²) in [6.07, 6.45) is -4.69. The number of carbonyl (C=O) groups excluding carboxylic acids is 1. The molecule has 1 aromatic carbocycles. The van der Waals surface area contributed by atoms with E-state index in [4.69, 9.17) is 16.9 Å². The molecule has 0 bridgehead atoms. The number of ketones is 1. The lowest BCUT2D eigenvalue weighted by Crippen LogP contribution is -2.09. The van der Waals surface area contributed by atoms with E-state index in [0.29, 0.717) is 6.07 Å². The highest BCUT2D eigenvalue weighted by atomic mass is 35.5. The predicted octanol–water partition coefficient (Wildman–Crippen LogP) is 3.43. The number of carbonyl (C=O) groups is 1. The van der Waals surface area contributed by atoms with Crippen molar-refractivity contribution in [1.82, 2.24) is 0 Å². The van der Waals surface area contributed by atoms with Gasteiger partial charge in [-0.1, -0.05) is 11.6 Å². The van der Waals surface area contributed by atoms with Gasteiger partial charge in [0.25, 0.3) is 0 Å². The van der Waals surface area contributed by atoms with Gasteiger partial charge in [-0.05, 0) is 19.1 Å². The van der Waals surface area contributed by atoms with E-state index in [1.807, 2.05) is 0 Å². The van der Waals surface area contributed by atoms with Gasteiger partial charge >= 0.3 is 6.18 Å². The van der Waals surface area contributed by atoms with Crippen LogP contribution in [0, 0.1) is 11.3 Å². The van der Waals surface area contributed by atoms with E-state index in [2.05, 4.69) is 0 Å². The average Bonchev–Trinajstić information content (AvgIpc) is 2.15. The molecule has 0 saturated carbocycles. The van der Waals surface area contributed by atoms with Gasteiger partial charge in [-0.3, -0.25) is 4.79 Å². The first-order valence-corrected chi connectivity index (χ1v) is 4.47. The molecule has 0 saturated heterocycles. The van der Waals surface area contributed by atoms with Gasteiger partial charge in [-0.15, -0.1) is 0 Å². The van der Waals surface area contributed by atoms with Crippen LogP contribution < -0.4 is 0 Å². The second-order valence-corrected chi connectivity index (χ2v) is 3.43. The lowest BCUT2D eigenvalue weighted by molar-refractivity contribution is -0.137. The van der Waals surface area contributed by atoms with E-state index in [0.717, 1.165) is 13.0 Å². The average molecular weight is 248 g/mol. The molecule has 0 unspecified atom stereocenters. The van der Waals surface area contributed by atoms with Crippen LogP contribution in [0.15, 0.2) is 12.1 Å². The molecule has 1 aromatic rings. The third-order valence-electron chi connectivity index (χ3n) is 1.90. The minimum absolute atomic E-state index is 0.187. The summed E-state index contributed by atoms with van der Waals surface area (Å²) >= 11 is 5.42. The van der Waals surface area contributed by atoms with Crippen LogP contribution in [0.2, 0.25) is 5.02 Å². The number of nitrogens with zero attached hydrogens (tertiary/aromatic N) is 1. The molecule has 0 aliphatic heterocycles. The number of hydrogen-bond acceptors (Lipinski definition) is 2. The van der Waals surface area contributed by atoms with E-state index in [9.17, 15) is 18.0 Å². The zero-order valence-corrected chi connectivity index (χ0v) is 8.78. The molecule has 0 aromatic heterocycles. The Kier molecular flexibility index (Phi) is 3.24. The monoisotopic (exact) mass is 247 g/mol. The lowest BCUT2D eigenvalue weighted by atomic mass is 10.0. The number of halogens is 4. The van der Waals surface area contributed by atoms with Crippen LogP contribution in [0.1, 0.15) is 28.4 Å². The number of alkyl halides is 3. The lowest BCUT2D eigenvalue weighted by Gasteiger charge is -2.11. The molecule has 0 atom stereocenters. The van der Waals surface area contributed by atoms with Gasteiger partial charge in [-0.2, -0.15) is 18.4 Å². The molecule has 1 rings (SSSR count). The van der Waals surface area contributed by atoms with Gasteiger partial charge in [-0.25, -0.2) is 0 Å². The highest BCUT2D eigenvalue weighted by molar-refractivity contribution is 6.32. The molecule has 0 amide bonds. The van der Waals surface area contributed by atoms with Crippen molar-refractivity contribution in [1.29, 1.82) is 5.26 Å². The molecule has 0 fully saturated rings. The van der Waals surface area contributed by atoms with Crippen molar-refractivity contribution < 1.29 is 18.0 Å². The van der Waals surface area contributed by atoms with Crippen molar-refractivity contribution in [3.05, 3.63) is 33.8 Å². The fraction of sp³-hybridized carbons (Fsp3) is 0.200. The van der Waals surface area contributed by atoms with Crippen LogP contribution in [-0.2, 0) is 6.18 Å². The van der Waals surface area contributed by atoms with E-state index in [1.54, 1.807) is 0 Å². The van der Waals surface area contributed by atoms with Crippen LogP contribution >= 0.6 is 11.6 Å². The molecule has 0 heterocycles. The van der Waals surface area contributed by atoms with Crippen LogP contribution in [0.5, 0.6) is 0 Å². The van der Waals surface area contributed by atoms with E-state index in [-0.39, 0.29) is 11.1 Å². The first kappa shape index (κ1) is 12.5. The molecule has 0 aliphatic carbocycles. The van der Waals surface area contributed by atoms with Gasteiger partial charge in [0.05, 0.1) is 16.1 Å². The normalized spacial score (nSPS) is 11.0. The summed E-state index contributed by atoms with van der Waals surface area (Å²) < 4.78 is 37.5. The molecule has 0 N–H and O–H groups in total. The fourth-order valence-corrected chi connectivity index (χ4v) is 1.37. The zero-order valence-electron chi connectivity index (χ0n) is 8.02. The van der Waals surface area contributed by atoms with Gasteiger partial charge in [0.1, 0.15) is 6.07 Å². The Hall–Kier alpha value is -1.54. The number of benzene rings is 1. The predicted molar refractivity (Wildman–Crippen MR) is 51.2 cm³/mol. The van der Waals surface area contributed by atoms with Crippen molar-refractivity contribution in [3.63, 3.8) is 0 Å². The van der Waals surface area contributed by atoms with Crippen LogP contribution in [0.25, 0.3) is 0 Å². The highest BCUT2D eigenvalue weighted by Crippen LogP contribution is 2.37. The van der Waals surface area contributed by atoms with E-state index in [1.165, 1.54) is 6.07 Å². The molecule has 2 nitrogen and oxygen atoms in total. The SMILES string of the molecule is CC(=O)c1cc(C#N)c(Cl)c(C(F)(F)F)c1. The zero-order chi connectivity index (χ0) is 12.5. The molecule has 84 valence electrons. The van der Waals surface area contributed by atoms with Gasteiger partial charge < -0.3 is 0 Å². The molecule has 0 spiro atoms. The number of Topliss-reactive ketones (excluding diaryl/α,β-unsaturated/α-hetero) is 1. The van der Waals surface area contributed by atoms with Gasteiger partial charge in [0.15, 0.2) is 5.78 Å². The summed E-state index contributed by atoms with van der Waals surface area (Å²) in [5.41, 5.74) is -1.71. The summed E-state index contributed by atoms with van der Waals surface area (Å²) in [7, 11) is 0. The minimum atomic E-state index is -4.69. The van der Waals surface area contributed by atoms with Crippen molar-refractivity contribution >= 4 is 17.4 Å². The number of rotatable bonds is 1. The summed E-state index contributed by atoms with van der Waals surface area (Å²) in [4.78, 5) is 11.0. The Bertz CT molecular complexity index is 488. The maximum Gasteiger partial charge on any atom is 0.417 e. The Morgan fingerprint density at radius 3 is 2.38 bits per heavy atom. The maximum atomic E-state index is 12.5. The third kappa shape index (κ3) is 2.34. The summed E-state index contributed by atoms with van der Waals surface area (Å²) in [6.45, 7) is 1.12. The number of hydrogen-bond donors (Lipinski definition) is 0. The van der Waals surface area contributed by atoms with Crippen molar-refractivity contribution in [2.24, 2.45) is 0 Å². The van der Waals surface area contributed by atoms with Crippen LogP contribution in [-0.4, -0.2) is 5.78 Å². The van der Waals surface area contributed by atoms with E-state index < -0.39 is 22.5 Å². The Balaban J connectivity index is 3.56. The van der Waals surface area contributed by atoms with Crippen molar-refractivity contribution in [3.8, 4) is 6.07 Å². The molecular weight excluding hydrogens is 243 g/mol. The molecular formula is C10H5ClF3NO. The summed E-state index contributed by atoms with van der Waals surface area (Å²) in [5.74, 6) is -0.557. The van der Waals surface area contributed by atoms with Crippen molar-refractivity contribution in [2.45, 2.75) is 13.1 Å². The van der Waals surface area contributed by atoms with Gasteiger partial charge in [0.2, 0.25) is 0 Å². The largest absolute Gasteiger partial charge is 0.417 e. The molecule has 16 heavy (non-hydrogen) atoms. The topological polar surface area (TPSA) is 40.9 Å². The van der Waals surface area contributed by atoms with Crippen LogP contribution in [0.4, 0.5) is 13.2 Å². The molecule has 0 radical (unpaired) electrons. The Morgan fingerprint density at radius 1 is 1.44 bits per heavy atom. The second-order valence-electron chi connectivity index (χ2n) is 3.05. The van der Waals surface area contributed by atoms with E-state index >= 15 is 0 Å². The standard InChI is InChI=1S/C10H5ClF3NO/c1-5(16)6-2-7(4-15)9(11)8(3-6)10(12,13)14/h2-3H,1H3. The third-order valence-corrected chi connectivity index (χ3v) is 2.31. The van der Waals surface area contributed by atoms with Crippen LogP contribution in [0.3, 0.4) is 0 Å². The molecule has 0 aliphatic rings. The van der Waals surface area contributed by atoms with Gasteiger partial charge in [0, 0.05) is 5.56 Å². The minimum Gasteiger partial charge on any atom is -0.295 e. The first-order chi connectivity index (χ1) is 7.27. The quantitative estimate of drug-likeness (QED) is 0.714. The maximum absolute atomic E-state index is 12.5. The smallest absolute Gasteiger partial charge is 0.295 e. The number of nitriles is 1. The molecule has 6 heteroatoms. The Morgan fingerprint density at radius 2 is 2.00 bits per heavy atom. The summed E-state index contributed by atoms with van der Waals surface area (Å²) in [6, 6.07) is 3.20. The first-order valence-electron chi connectivity index (χ1n) is 4.09.